The monoisotopic (exact) mass is 775 g/mol. The largest absolute Gasteiger partial charge is 0.444 e. The molecule has 0 radical (unpaired) electrons. The summed E-state index contributed by atoms with van der Waals surface area (Å²) in [5, 5.41) is 8.24. The maximum absolute atomic E-state index is 14.5. The number of amides is 6. The number of rotatable bonds is 13. The molecule has 54 heavy (non-hydrogen) atoms. The van der Waals surface area contributed by atoms with Gasteiger partial charge in [0.25, 0.3) is 5.91 Å². The Balaban J connectivity index is 1.57. The minimum atomic E-state index is -3.56. The second-order valence-corrected chi connectivity index (χ2v) is 19.1. The Morgan fingerprint density at radius 2 is 1.59 bits per heavy atom. The molecule has 1 aliphatic carbocycles. The maximum Gasteiger partial charge on any atom is 0.410 e. The molecule has 3 aliphatic rings. The summed E-state index contributed by atoms with van der Waals surface area (Å²) < 4.78 is 31.4. The molecule has 5 N–H and O–H groups in total. The van der Waals surface area contributed by atoms with Crippen LogP contribution >= 0.6 is 0 Å². The number of nitrogens with zero attached hydrogens (tertiary/aromatic N) is 3. The number of nitrogens with two attached hydrogens (primary N) is 1. The lowest BCUT2D eigenvalue weighted by atomic mass is 9.85. The highest BCUT2D eigenvalue weighted by atomic mass is 32.2. The van der Waals surface area contributed by atoms with Crippen LogP contribution in [-0.2, 0) is 46.9 Å². The molecule has 0 aromatic heterocycles. The van der Waals surface area contributed by atoms with Crippen molar-refractivity contribution >= 4 is 45.7 Å². The number of hydrogen-bond acceptors (Lipinski definition) is 9. The number of carbonyl (C=O) groups excluding carboxylic acids is 6. The molecule has 2 aliphatic heterocycles. The zero-order valence-corrected chi connectivity index (χ0v) is 33.5. The minimum absolute atomic E-state index is 0.0278. The van der Waals surface area contributed by atoms with Crippen LogP contribution in [0.25, 0.3) is 0 Å². The van der Waals surface area contributed by atoms with E-state index in [1.807, 2.05) is 45.0 Å². The first kappa shape index (κ1) is 42.5. The van der Waals surface area contributed by atoms with Crippen LogP contribution in [0.4, 0.5) is 9.59 Å². The fraction of sp³-hybridized carbons (Fsp3) is 0.676. The zero-order valence-electron chi connectivity index (χ0n) is 32.6. The summed E-state index contributed by atoms with van der Waals surface area (Å²) in [6.45, 7) is 11.3. The van der Waals surface area contributed by atoms with Gasteiger partial charge < -0.3 is 36.2 Å². The molecule has 1 saturated carbocycles. The van der Waals surface area contributed by atoms with Crippen LogP contribution in [0.1, 0.15) is 78.4 Å². The summed E-state index contributed by atoms with van der Waals surface area (Å²) in [5.74, 6) is -3.34. The molecule has 6 amide bonds. The lowest BCUT2D eigenvalue weighted by Gasteiger charge is -2.37. The third-order valence-electron chi connectivity index (χ3n) is 10.4. The van der Waals surface area contributed by atoms with Gasteiger partial charge in [0.2, 0.25) is 27.6 Å². The molecule has 3 unspecified atom stereocenters. The maximum atomic E-state index is 14.5. The molecule has 1 saturated heterocycles. The summed E-state index contributed by atoms with van der Waals surface area (Å²) in [5.41, 5.74) is 5.97. The Kier molecular flexibility index (Phi) is 13.1. The van der Waals surface area contributed by atoms with E-state index in [4.69, 9.17) is 10.5 Å². The van der Waals surface area contributed by atoms with Gasteiger partial charge in [-0.3, -0.25) is 19.2 Å². The molecule has 1 aromatic carbocycles. The first-order valence-electron chi connectivity index (χ1n) is 18.4. The molecule has 2 heterocycles. The highest BCUT2D eigenvalue weighted by Crippen LogP contribution is 2.34. The van der Waals surface area contributed by atoms with Crippen molar-refractivity contribution in [3.05, 3.63) is 35.4 Å². The van der Waals surface area contributed by atoms with Gasteiger partial charge in [0.05, 0.1) is 18.8 Å². The molecular weight excluding hydrogens is 719 g/mol. The summed E-state index contributed by atoms with van der Waals surface area (Å²) in [7, 11) is -2.15. The third kappa shape index (κ3) is 11.1. The van der Waals surface area contributed by atoms with Crippen molar-refractivity contribution in [3.8, 4) is 0 Å². The van der Waals surface area contributed by atoms with Crippen LogP contribution in [0.15, 0.2) is 24.3 Å². The predicted octanol–water partition coefficient (Wildman–Crippen LogP) is 1.51. The number of ether oxygens (including phenoxy) is 1. The van der Waals surface area contributed by atoms with Gasteiger partial charge in [0, 0.05) is 39.1 Å². The van der Waals surface area contributed by atoms with Crippen molar-refractivity contribution in [3.63, 3.8) is 0 Å². The van der Waals surface area contributed by atoms with Crippen molar-refractivity contribution in [2.24, 2.45) is 22.5 Å². The molecular formula is C37H57N7O9S. The van der Waals surface area contributed by atoms with Crippen LogP contribution in [0.3, 0.4) is 0 Å². The smallest absolute Gasteiger partial charge is 0.410 e. The average Bonchev–Trinajstić information content (AvgIpc) is 3.79. The van der Waals surface area contributed by atoms with E-state index in [1.54, 1.807) is 25.7 Å². The minimum Gasteiger partial charge on any atom is -0.444 e. The second kappa shape index (κ2) is 16.6. The molecule has 0 bridgehead atoms. The highest BCUT2D eigenvalue weighted by Gasteiger charge is 2.47. The first-order chi connectivity index (χ1) is 24.9. The number of primary amides is 1. The number of hydrogen-bond donors (Lipinski definition) is 4. The number of urea groups is 1. The Morgan fingerprint density at radius 3 is 2.15 bits per heavy atom. The summed E-state index contributed by atoms with van der Waals surface area (Å²) >= 11 is 0. The molecule has 4 rings (SSSR count). The fourth-order valence-electron chi connectivity index (χ4n) is 6.68. The SMILES string of the molecule is CN(C[C@@H](NC(=O)NC(C(=O)N1C[C@H](OC(=O)N2CCc3ccccc3C2)CC1C(=O)NC(CC1CC1)C(=O)C(N)=O)C(C)(C)C)C(C)(C)C)S(C)(=O)=O. The van der Waals surface area contributed by atoms with Gasteiger partial charge in [-0.25, -0.2) is 22.3 Å². The van der Waals surface area contributed by atoms with E-state index in [0.29, 0.717) is 19.5 Å². The quantitative estimate of drug-likeness (QED) is 0.213. The Hall–Kier alpha value is -4.25. The summed E-state index contributed by atoms with van der Waals surface area (Å²) in [4.78, 5) is 83.0. The van der Waals surface area contributed by atoms with Crippen LogP contribution in [-0.4, -0.2) is 121 Å². The number of nitrogens with one attached hydrogen (secondary N) is 3. The van der Waals surface area contributed by atoms with E-state index in [-0.39, 0.29) is 31.8 Å². The number of Topliss-reactive ketones (excluding diaryl/α,β-unsaturated/α-hetero) is 1. The van der Waals surface area contributed by atoms with E-state index >= 15 is 0 Å². The van der Waals surface area contributed by atoms with Gasteiger partial charge in [-0.1, -0.05) is 78.6 Å². The average molecular weight is 776 g/mol. The standard InChI is InChI=1S/C37H57N7O9S/c1-36(2,3)28(21-42(7)54(8,51)52)40-34(49)41-30(37(4,5)6)33(48)44-20-25(53-35(50)43-16-15-23-11-9-10-12-24(23)19-43)18-27(44)32(47)39-26(17-22-13-14-22)29(45)31(38)46/h9-12,22,25-28,30H,13-21H2,1-8H3,(H2,38,46)(H,39,47)(H2,40,41,49)/t25-,26?,27?,28-,30?/m1/s1. The van der Waals surface area contributed by atoms with Crippen LogP contribution in [0, 0.1) is 16.7 Å². The molecule has 2 fully saturated rings. The second-order valence-electron chi connectivity index (χ2n) is 17.0. The normalized spacial score (nSPS) is 20.7. The molecule has 5 atom stereocenters. The van der Waals surface area contributed by atoms with Crippen LogP contribution < -0.4 is 21.7 Å². The third-order valence-corrected chi connectivity index (χ3v) is 11.7. The molecule has 16 nitrogen and oxygen atoms in total. The number of likely N-dealkylation sites (tertiary alicyclic amines) is 1. The van der Waals surface area contributed by atoms with Gasteiger partial charge in [0.1, 0.15) is 18.2 Å². The van der Waals surface area contributed by atoms with Crippen molar-refractivity contribution in [1.29, 1.82) is 0 Å². The van der Waals surface area contributed by atoms with Crippen LogP contribution in [0.5, 0.6) is 0 Å². The van der Waals surface area contributed by atoms with Gasteiger partial charge in [-0.15, -0.1) is 0 Å². The number of benzene rings is 1. The molecule has 17 heteroatoms. The number of carbonyl (C=O) groups is 6. The van der Waals surface area contributed by atoms with E-state index < -0.39 is 86.8 Å². The summed E-state index contributed by atoms with van der Waals surface area (Å²) in [6, 6.07) is 2.80. The number of likely N-dealkylation sites (N-methyl/N-ethyl adjacent to an activating group) is 1. The van der Waals surface area contributed by atoms with E-state index in [9.17, 15) is 37.2 Å². The predicted molar refractivity (Wildman–Crippen MR) is 200 cm³/mol. The lowest BCUT2D eigenvalue weighted by Crippen LogP contribution is -2.61. The van der Waals surface area contributed by atoms with Gasteiger partial charge in [-0.05, 0) is 40.7 Å². The Morgan fingerprint density at radius 1 is 0.963 bits per heavy atom. The lowest BCUT2D eigenvalue weighted by molar-refractivity contribution is -0.143. The Bertz CT molecular complexity index is 1720. The highest BCUT2D eigenvalue weighted by molar-refractivity contribution is 7.88. The number of ketones is 1. The summed E-state index contributed by atoms with van der Waals surface area (Å²) in [6.07, 6.45) is 2.01. The van der Waals surface area contributed by atoms with Crippen molar-refractivity contribution < 1.29 is 41.9 Å². The van der Waals surface area contributed by atoms with Crippen molar-refractivity contribution in [2.75, 3.05) is 32.9 Å². The molecule has 0 spiro atoms. The fourth-order valence-corrected chi connectivity index (χ4v) is 7.10. The van der Waals surface area contributed by atoms with E-state index in [2.05, 4.69) is 16.0 Å². The molecule has 1 aromatic rings. The number of sulfonamides is 1. The first-order valence-corrected chi connectivity index (χ1v) is 20.3. The van der Waals surface area contributed by atoms with Gasteiger partial charge in [-0.2, -0.15) is 0 Å². The Labute approximate surface area is 318 Å². The molecule has 300 valence electrons. The van der Waals surface area contributed by atoms with Gasteiger partial charge >= 0.3 is 12.1 Å². The van der Waals surface area contributed by atoms with E-state index in [0.717, 1.165) is 34.5 Å². The van der Waals surface area contributed by atoms with E-state index in [1.165, 1.54) is 11.9 Å². The topological polar surface area (TPSA) is 218 Å². The zero-order chi connectivity index (χ0) is 40.3. The van der Waals surface area contributed by atoms with Crippen molar-refractivity contribution in [2.45, 2.75) is 110 Å². The van der Waals surface area contributed by atoms with Gasteiger partial charge in [0.15, 0.2) is 0 Å². The van der Waals surface area contributed by atoms with Crippen LogP contribution in [0.2, 0.25) is 0 Å². The number of fused-ring (bicyclic) bond motifs is 1. The van der Waals surface area contributed by atoms with Crippen molar-refractivity contribution in [1.82, 2.24) is 30.1 Å².